The van der Waals surface area contributed by atoms with Crippen molar-refractivity contribution in [3.63, 3.8) is 0 Å². The van der Waals surface area contributed by atoms with Crippen molar-refractivity contribution >= 4 is 35.4 Å². The molecule has 0 aromatic rings. The van der Waals surface area contributed by atoms with Gasteiger partial charge in [0.2, 0.25) is 23.6 Å². The second-order valence-corrected chi connectivity index (χ2v) is 13.2. The Morgan fingerprint density at radius 2 is 1.57 bits per heavy atom. The minimum absolute atomic E-state index is 0.117. The Morgan fingerprint density at radius 3 is 2.08 bits per heavy atom. The maximum atomic E-state index is 13.1. The lowest BCUT2D eigenvalue weighted by Crippen LogP contribution is -2.55. The Morgan fingerprint density at radius 1 is 0.950 bits per heavy atom. The standard InChI is InChI=1S/C29H51N5O6/c1-18(2)23(25(38)32-20(24(37)29(6,7)8)13-12-15-31-27(30)40)33-21(35)14-10-9-11-16-34-22(36)17-19(26(34)39)28(3,4)5/h18-20,23H,9-17H2,1-8H3,(H,32,38)(H,33,35)(H3,30,31,40)/t19?,20-,23-/m0/s1. The van der Waals surface area contributed by atoms with E-state index in [9.17, 15) is 28.8 Å². The van der Waals surface area contributed by atoms with Gasteiger partial charge in [-0.15, -0.1) is 0 Å². The number of Topliss-reactive ketones (excluding diaryl/α,β-unsaturated/α-hetero) is 1. The summed E-state index contributed by atoms with van der Waals surface area (Å²) in [4.78, 5) is 76.0. The van der Waals surface area contributed by atoms with Gasteiger partial charge in [-0.05, 0) is 37.0 Å². The topological polar surface area (TPSA) is 168 Å². The normalized spacial score (nSPS) is 17.5. The zero-order valence-corrected chi connectivity index (χ0v) is 25.6. The maximum absolute atomic E-state index is 13.1. The van der Waals surface area contributed by atoms with Gasteiger partial charge in [0, 0.05) is 31.3 Å². The molecule has 11 nitrogen and oxygen atoms in total. The van der Waals surface area contributed by atoms with E-state index in [4.69, 9.17) is 5.73 Å². The van der Waals surface area contributed by atoms with E-state index in [0.717, 1.165) is 0 Å². The van der Waals surface area contributed by atoms with Crippen LogP contribution >= 0.6 is 0 Å². The molecule has 0 aromatic carbocycles. The van der Waals surface area contributed by atoms with Gasteiger partial charge >= 0.3 is 6.03 Å². The molecule has 1 saturated heterocycles. The number of carbonyl (C=O) groups is 6. The van der Waals surface area contributed by atoms with E-state index in [0.29, 0.717) is 38.6 Å². The van der Waals surface area contributed by atoms with E-state index in [2.05, 4.69) is 16.0 Å². The fourth-order valence-electron chi connectivity index (χ4n) is 4.68. The highest BCUT2D eigenvalue weighted by Gasteiger charge is 2.44. The maximum Gasteiger partial charge on any atom is 0.312 e. The molecule has 1 aliphatic heterocycles. The van der Waals surface area contributed by atoms with Crippen LogP contribution in [0.1, 0.15) is 100 Å². The van der Waals surface area contributed by atoms with Crippen molar-refractivity contribution in [3.05, 3.63) is 0 Å². The van der Waals surface area contributed by atoms with Crippen molar-refractivity contribution in [2.24, 2.45) is 28.4 Å². The molecule has 0 aromatic heterocycles. The predicted molar refractivity (Wildman–Crippen MR) is 153 cm³/mol. The van der Waals surface area contributed by atoms with E-state index < -0.39 is 29.4 Å². The van der Waals surface area contributed by atoms with Crippen LogP contribution in [0.4, 0.5) is 4.79 Å². The van der Waals surface area contributed by atoms with Crippen molar-refractivity contribution in [1.82, 2.24) is 20.9 Å². The minimum atomic E-state index is -0.819. The smallest absolute Gasteiger partial charge is 0.312 e. The Balaban J connectivity index is 2.61. The Kier molecular flexibility index (Phi) is 13.3. The SMILES string of the molecule is CC(C)[C@H](NC(=O)CCCCCN1C(=O)CC(C(C)(C)C)C1=O)C(=O)N[C@@H](CCCNC(N)=O)C(=O)C(C)(C)C. The van der Waals surface area contributed by atoms with Gasteiger partial charge in [-0.1, -0.05) is 61.8 Å². The second kappa shape index (κ2) is 15.1. The average Bonchev–Trinajstić information content (AvgIpc) is 3.11. The van der Waals surface area contributed by atoms with Crippen LogP contribution in [0, 0.1) is 22.7 Å². The minimum Gasteiger partial charge on any atom is -0.352 e. The molecule has 0 radical (unpaired) electrons. The van der Waals surface area contributed by atoms with Crippen LogP contribution in [0.3, 0.4) is 0 Å². The number of likely N-dealkylation sites (tertiary alicyclic amines) is 1. The highest BCUT2D eigenvalue weighted by Crippen LogP contribution is 2.35. The number of hydrogen-bond acceptors (Lipinski definition) is 6. The lowest BCUT2D eigenvalue weighted by atomic mass is 9.80. The fourth-order valence-corrected chi connectivity index (χ4v) is 4.68. The molecule has 6 amide bonds. The van der Waals surface area contributed by atoms with Crippen molar-refractivity contribution in [2.45, 2.75) is 112 Å². The Bertz CT molecular complexity index is 934. The first-order valence-corrected chi connectivity index (χ1v) is 14.4. The number of hydrogen-bond donors (Lipinski definition) is 4. The summed E-state index contributed by atoms with van der Waals surface area (Å²) in [5.74, 6) is -1.62. The van der Waals surface area contributed by atoms with E-state index in [1.165, 1.54) is 4.90 Å². The number of imide groups is 1. The lowest BCUT2D eigenvalue weighted by Gasteiger charge is -2.28. The van der Waals surface area contributed by atoms with Gasteiger partial charge < -0.3 is 21.7 Å². The number of nitrogens with two attached hydrogens (primary N) is 1. The number of nitrogens with zero attached hydrogens (tertiary/aromatic N) is 1. The molecule has 3 atom stereocenters. The summed E-state index contributed by atoms with van der Waals surface area (Å²) >= 11 is 0. The molecule has 0 bridgehead atoms. The zero-order valence-electron chi connectivity index (χ0n) is 25.6. The Labute approximate surface area is 239 Å². The molecule has 1 fully saturated rings. The van der Waals surface area contributed by atoms with Crippen LogP contribution in [0.5, 0.6) is 0 Å². The van der Waals surface area contributed by atoms with Gasteiger partial charge in [0.15, 0.2) is 5.78 Å². The molecule has 40 heavy (non-hydrogen) atoms. The number of amides is 6. The van der Waals surface area contributed by atoms with E-state index >= 15 is 0 Å². The van der Waals surface area contributed by atoms with E-state index in [1.54, 1.807) is 20.8 Å². The van der Waals surface area contributed by atoms with Crippen LogP contribution in [0.25, 0.3) is 0 Å². The molecule has 11 heteroatoms. The van der Waals surface area contributed by atoms with Gasteiger partial charge in [0.1, 0.15) is 6.04 Å². The average molecular weight is 566 g/mol. The summed E-state index contributed by atoms with van der Waals surface area (Å²) in [6.07, 6.45) is 3.03. The van der Waals surface area contributed by atoms with E-state index in [-0.39, 0.29) is 60.1 Å². The molecule has 1 rings (SSSR count). The van der Waals surface area contributed by atoms with Crippen LogP contribution in [-0.2, 0) is 24.0 Å². The molecular formula is C29H51N5O6. The molecule has 228 valence electrons. The molecule has 1 aliphatic rings. The van der Waals surface area contributed by atoms with Gasteiger partial charge in [-0.2, -0.15) is 0 Å². The number of unbranched alkanes of at least 4 members (excludes halogenated alkanes) is 2. The Hall–Kier alpha value is -2.98. The number of nitrogens with one attached hydrogen (secondary N) is 3. The number of carbonyl (C=O) groups excluding carboxylic acids is 6. The number of urea groups is 1. The van der Waals surface area contributed by atoms with Gasteiger partial charge in [-0.3, -0.25) is 28.9 Å². The van der Waals surface area contributed by atoms with Gasteiger partial charge in [-0.25, -0.2) is 4.79 Å². The van der Waals surface area contributed by atoms with Crippen molar-refractivity contribution in [3.8, 4) is 0 Å². The number of ketones is 1. The summed E-state index contributed by atoms with van der Waals surface area (Å²) in [6.45, 7) is 15.5. The summed E-state index contributed by atoms with van der Waals surface area (Å²) < 4.78 is 0. The van der Waals surface area contributed by atoms with E-state index in [1.807, 2.05) is 34.6 Å². The summed E-state index contributed by atoms with van der Waals surface area (Å²) in [5.41, 5.74) is 4.14. The first kappa shape index (κ1) is 35.0. The molecule has 1 unspecified atom stereocenters. The van der Waals surface area contributed by atoms with Crippen LogP contribution in [0.2, 0.25) is 0 Å². The second-order valence-electron chi connectivity index (χ2n) is 13.2. The first-order valence-electron chi connectivity index (χ1n) is 14.4. The third-order valence-corrected chi connectivity index (χ3v) is 7.18. The molecule has 0 saturated carbocycles. The van der Waals surface area contributed by atoms with Crippen molar-refractivity contribution < 1.29 is 28.8 Å². The zero-order chi connectivity index (χ0) is 30.8. The van der Waals surface area contributed by atoms with Gasteiger partial charge in [0.05, 0.1) is 12.0 Å². The van der Waals surface area contributed by atoms with Crippen molar-refractivity contribution in [2.75, 3.05) is 13.1 Å². The predicted octanol–water partition coefficient (Wildman–Crippen LogP) is 2.66. The highest BCUT2D eigenvalue weighted by atomic mass is 16.2. The summed E-state index contributed by atoms with van der Waals surface area (Å²) in [6, 6.07) is -2.24. The first-order chi connectivity index (χ1) is 18.4. The molecule has 5 N–H and O–H groups in total. The van der Waals surface area contributed by atoms with Crippen molar-refractivity contribution in [1.29, 1.82) is 0 Å². The largest absolute Gasteiger partial charge is 0.352 e. The van der Waals surface area contributed by atoms with Crippen LogP contribution in [0.15, 0.2) is 0 Å². The van der Waals surface area contributed by atoms with Crippen LogP contribution in [-0.4, -0.2) is 65.5 Å². The molecular weight excluding hydrogens is 514 g/mol. The molecule has 1 heterocycles. The third kappa shape index (κ3) is 11.3. The molecule has 0 aliphatic carbocycles. The lowest BCUT2D eigenvalue weighted by molar-refractivity contribution is -0.140. The number of rotatable bonds is 15. The van der Waals surface area contributed by atoms with Crippen LogP contribution < -0.4 is 21.7 Å². The number of primary amides is 1. The molecule has 0 spiro atoms. The quantitative estimate of drug-likeness (QED) is 0.176. The monoisotopic (exact) mass is 565 g/mol. The summed E-state index contributed by atoms with van der Waals surface area (Å²) in [5, 5.41) is 8.08. The van der Waals surface area contributed by atoms with Gasteiger partial charge in [0.25, 0.3) is 0 Å². The highest BCUT2D eigenvalue weighted by molar-refractivity contribution is 6.03. The fraction of sp³-hybridized carbons (Fsp3) is 0.793. The third-order valence-electron chi connectivity index (χ3n) is 7.18. The summed E-state index contributed by atoms with van der Waals surface area (Å²) in [7, 11) is 0.